The first-order valence-corrected chi connectivity index (χ1v) is 3.73. The summed E-state index contributed by atoms with van der Waals surface area (Å²) in [5, 5.41) is 7.00. The van der Waals surface area contributed by atoms with E-state index >= 15 is 0 Å². The minimum Gasteiger partial charge on any atom is -0.563 e. The van der Waals surface area contributed by atoms with E-state index in [0.717, 1.165) is 7.11 Å². The molecule has 0 aliphatic rings. The Labute approximate surface area is 63.0 Å². The quantitative estimate of drug-likeness (QED) is 0.402. The molecule has 9 heteroatoms. The van der Waals surface area contributed by atoms with Crippen molar-refractivity contribution in [2.75, 3.05) is 7.11 Å². The van der Waals surface area contributed by atoms with Crippen molar-refractivity contribution in [2.45, 2.75) is 0 Å². The molecule has 0 aromatic carbocycles. The van der Waals surface area contributed by atoms with Gasteiger partial charge in [0.1, 0.15) is 4.31 Å². The second-order valence-electron chi connectivity index (χ2n) is 0.529. The molecule has 0 heterocycles. The molecule has 2 atom stereocenters. The topological polar surface area (TPSA) is 110 Å². The summed E-state index contributed by atoms with van der Waals surface area (Å²) in [5.41, 5.74) is 0. The van der Waals surface area contributed by atoms with E-state index < -0.39 is 16.5 Å². The molecule has 54 valence electrons. The fourth-order valence-electron chi connectivity index (χ4n) is 0.0544. The maximum atomic E-state index is 9.24. The van der Waals surface area contributed by atoms with Gasteiger partial charge in [0, 0.05) is 7.11 Å². The monoisotopic (exact) mass is 183 g/mol. The van der Waals surface area contributed by atoms with Crippen LogP contribution >= 0.6 is 16.5 Å². The van der Waals surface area contributed by atoms with Gasteiger partial charge in [-0.1, -0.05) is 0 Å². The average molecular weight is 183 g/mol. The average Bonchev–Trinajstić information content (AvgIpc) is 1.68. The van der Waals surface area contributed by atoms with Gasteiger partial charge >= 0.3 is 26.6 Å². The minimum absolute atomic E-state index is 0. The summed E-state index contributed by atoms with van der Waals surface area (Å²) >= 11 is 0. The third kappa shape index (κ3) is 24.1. The molecule has 0 saturated carbocycles. The minimum atomic E-state index is -3.24. The van der Waals surface area contributed by atoms with Gasteiger partial charge in [-0.05, 0) is 9.13 Å². The molecule has 0 bridgehead atoms. The van der Waals surface area contributed by atoms with E-state index in [9.17, 15) is 18.9 Å². The summed E-state index contributed by atoms with van der Waals surface area (Å²) in [4.78, 5) is 18.5. The van der Waals surface area contributed by atoms with Crippen molar-refractivity contribution in [1.82, 2.24) is 0 Å². The molecule has 0 aliphatic carbocycles. The van der Waals surface area contributed by atoms with Crippen LogP contribution in [0.1, 0.15) is 0 Å². The van der Waals surface area contributed by atoms with Crippen molar-refractivity contribution in [1.29, 1.82) is 0 Å². The molecule has 0 rings (SSSR count). The Bertz CT molecular complexity index is 91.9. The maximum absolute atomic E-state index is 9.24. The van der Waals surface area contributed by atoms with Crippen LogP contribution < -0.4 is 9.79 Å². The predicted molar refractivity (Wildman–Crippen MR) is 30.2 cm³/mol. The normalized spacial score (nSPS) is 10.0. The van der Waals surface area contributed by atoms with Crippen molar-refractivity contribution in [3.63, 3.8) is 0 Å². The number of aliphatic hydroxyl groups excluding tert-OH is 1. The van der Waals surface area contributed by atoms with Gasteiger partial charge in [-0.25, -0.2) is 0 Å². The fourth-order valence-corrected chi connectivity index (χ4v) is 0.490. The van der Waals surface area contributed by atoms with Crippen LogP contribution in [-0.2, 0) is 13.4 Å². The van der Waals surface area contributed by atoms with Crippen molar-refractivity contribution in [3.05, 3.63) is 0 Å². The fraction of sp³-hybridized carbons (Fsp3) is 1.00. The number of hydrogen-bond acceptors (Lipinski definition) is 6. The molecule has 1 N–H and O–H groups in total. The summed E-state index contributed by atoms with van der Waals surface area (Å²) in [6.45, 7) is 0. The van der Waals surface area contributed by atoms with Crippen LogP contribution in [0.25, 0.3) is 0 Å². The first kappa shape index (κ1) is 16.7. The zero-order valence-corrected chi connectivity index (χ0v) is 6.88. The Morgan fingerprint density at radius 1 is 1.20 bits per heavy atom. The van der Waals surface area contributed by atoms with Crippen LogP contribution in [0.5, 0.6) is 0 Å². The Morgan fingerprint density at radius 3 is 1.40 bits per heavy atom. The largest absolute Gasteiger partial charge is 2.00 e. The molecule has 0 saturated heterocycles. The summed E-state index contributed by atoms with van der Waals surface area (Å²) in [6, 6.07) is 0. The van der Waals surface area contributed by atoms with Gasteiger partial charge in [0.25, 0.3) is 0 Å². The first-order valence-electron chi connectivity index (χ1n) is 1.54. The number of aliphatic hydroxyl groups is 1. The molecule has 10 heavy (non-hydrogen) atoms. The van der Waals surface area contributed by atoms with E-state index in [-0.39, 0.29) is 10.1 Å². The van der Waals surface area contributed by atoms with Gasteiger partial charge < -0.3 is 14.9 Å². The molecule has 0 amide bonds. The van der Waals surface area contributed by atoms with Crippen LogP contribution in [0.15, 0.2) is 0 Å². The van der Waals surface area contributed by atoms with Crippen LogP contribution in [-0.4, -0.2) is 22.3 Å². The van der Waals surface area contributed by atoms with Crippen LogP contribution in [0.4, 0.5) is 0 Å². The van der Waals surface area contributed by atoms with Crippen molar-refractivity contribution >= 4 is 26.6 Å². The predicted octanol–water partition coefficient (Wildman–Crippen LogP) is -1.73. The van der Waals surface area contributed by atoms with Crippen LogP contribution in [0, 0.1) is 0 Å². The van der Waals surface area contributed by atoms with Crippen LogP contribution in [0.2, 0.25) is 0 Å². The number of hydrogen-bond donors (Lipinski definition) is 1. The Balaban J connectivity index is -0.000000149. The van der Waals surface area contributed by atoms with Crippen molar-refractivity contribution < 1.29 is 28.3 Å². The summed E-state index contributed by atoms with van der Waals surface area (Å²) in [5.74, 6) is 0. The molecule has 2 unspecified atom stereocenters. The van der Waals surface area contributed by atoms with Crippen molar-refractivity contribution in [2.24, 2.45) is 0 Å². The SMILES string of the molecule is CO.O=[P+]([O-])O[P+](=O)[O-].[Be+2]. The second kappa shape index (κ2) is 11.9. The molecular weight excluding hydrogens is 179 g/mol. The third-order valence-electron chi connectivity index (χ3n) is 0.133. The standard InChI is InChI=1S/CH4O.Be.O5P2/c1-2;;1-6(2)5-7(3)4/h2H,1H3;;/q;+2;. The molecule has 0 aliphatic heterocycles. The van der Waals surface area contributed by atoms with Crippen molar-refractivity contribution in [3.8, 4) is 0 Å². The van der Waals surface area contributed by atoms with Gasteiger partial charge in [-0.15, -0.1) is 0 Å². The molecule has 0 aromatic rings. The third-order valence-corrected chi connectivity index (χ3v) is 1.20. The Kier molecular flexibility index (Phi) is 19.9. The zero-order chi connectivity index (χ0) is 7.86. The summed E-state index contributed by atoms with van der Waals surface area (Å²) in [6.07, 6.45) is 0. The van der Waals surface area contributed by atoms with E-state index in [4.69, 9.17) is 5.11 Å². The van der Waals surface area contributed by atoms with E-state index in [0.29, 0.717) is 0 Å². The summed E-state index contributed by atoms with van der Waals surface area (Å²) in [7, 11) is -5.47. The van der Waals surface area contributed by atoms with Crippen LogP contribution in [0.3, 0.4) is 0 Å². The summed E-state index contributed by atoms with van der Waals surface area (Å²) < 4.78 is 21.6. The molecule has 0 spiro atoms. The van der Waals surface area contributed by atoms with Gasteiger partial charge in [0.05, 0.1) is 0 Å². The molecule has 0 radical (unpaired) electrons. The molecule has 6 nitrogen and oxygen atoms in total. The molecular formula is CH4BeO6P2+2. The molecule has 0 fully saturated rings. The second-order valence-corrected chi connectivity index (χ2v) is 2.08. The number of rotatable bonds is 2. The van der Waals surface area contributed by atoms with Gasteiger partial charge in [-0.2, -0.15) is 0 Å². The maximum Gasteiger partial charge on any atom is 2.00 e. The smallest absolute Gasteiger partial charge is 0.563 e. The van der Waals surface area contributed by atoms with Gasteiger partial charge in [0.15, 0.2) is 0 Å². The molecule has 0 aromatic heterocycles. The Hall–Kier alpha value is 0.209. The van der Waals surface area contributed by atoms with E-state index in [1.54, 1.807) is 0 Å². The van der Waals surface area contributed by atoms with Gasteiger partial charge in [0.2, 0.25) is 0 Å². The van der Waals surface area contributed by atoms with E-state index in [1.807, 2.05) is 0 Å². The van der Waals surface area contributed by atoms with E-state index in [1.165, 1.54) is 0 Å². The first-order chi connectivity index (χ1) is 4.13. The van der Waals surface area contributed by atoms with E-state index in [2.05, 4.69) is 4.31 Å². The van der Waals surface area contributed by atoms with Gasteiger partial charge in [-0.3, -0.25) is 0 Å². The zero-order valence-electron chi connectivity index (χ0n) is 5.09. The Morgan fingerprint density at radius 2 is 1.40 bits per heavy atom.